The molecule has 0 spiro atoms. The number of aliphatic hydroxyl groups excluding tert-OH is 1. The van der Waals surface area contributed by atoms with Gasteiger partial charge in [0.05, 0.1) is 17.8 Å². The number of nitrogens with zero attached hydrogens (tertiary/aromatic N) is 3. The van der Waals surface area contributed by atoms with Crippen molar-refractivity contribution in [2.45, 2.75) is 75.7 Å². The third-order valence-electron chi connectivity index (χ3n) is 7.99. The zero-order valence-corrected chi connectivity index (χ0v) is 25.7. The number of amides is 2. The van der Waals surface area contributed by atoms with Crippen molar-refractivity contribution < 1.29 is 19.8 Å². The van der Waals surface area contributed by atoms with Crippen LogP contribution in [-0.4, -0.2) is 61.5 Å². The van der Waals surface area contributed by atoms with E-state index in [2.05, 4.69) is 10.3 Å². The van der Waals surface area contributed by atoms with Crippen molar-refractivity contribution in [3.63, 3.8) is 0 Å². The van der Waals surface area contributed by atoms with Crippen molar-refractivity contribution in [1.29, 1.82) is 0 Å². The maximum Gasteiger partial charge on any atom is 0.407 e. The number of benzene rings is 2. The highest BCUT2D eigenvalue weighted by atomic mass is 35.5. The minimum atomic E-state index is -1.48. The number of hydrogen-bond donors (Lipinski definition) is 3. The Labute approximate surface area is 256 Å². The first-order chi connectivity index (χ1) is 20.2. The first-order valence-corrected chi connectivity index (χ1v) is 15.8. The first kappa shape index (κ1) is 31.8. The average molecular weight is 611 g/mol. The van der Waals surface area contributed by atoms with E-state index < -0.39 is 24.1 Å². The van der Waals surface area contributed by atoms with E-state index in [0.29, 0.717) is 28.8 Å². The van der Waals surface area contributed by atoms with Crippen LogP contribution in [-0.2, 0) is 4.79 Å². The molecule has 2 aromatic carbocycles. The summed E-state index contributed by atoms with van der Waals surface area (Å²) in [6, 6.07) is 17.6. The van der Waals surface area contributed by atoms with E-state index in [9.17, 15) is 19.8 Å². The molecule has 1 fully saturated rings. The normalized spacial score (nSPS) is 16.1. The molecule has 1 aromatic heterocycles. The van der Waals surface area contributed by atoms with Crippen molar-refractivity contribution in [3.8, 4) is 11.3 Å². The molecule has 3 aromatic rings. The third-order valence-corrected chi connectivity index (χ3v) is 9.46. The lowest BCUT2D eigenvalue weighted by atomic mass is 9.69. The van der Waals surface area contributed by atoms with Crippen LogP contribution in [0.15, 0.2) is 72.0 Å². The van der Waals surface area contributed by atoms with E-state index in [1.165, 1.54) is 16.7 Å². The topological polar surface area (TPSA) is 116 Å². The molecular weight excluding hydrogens is 572 g/mol. The van der Waals surface area contributed by atoms with Crippen molar-refractivity contribution in [2.24, 2.45) is 5.41 Å². The van der Waals surface area contributed by atoms with Gasteiger partial charge in [0.1, 0.15) is 0 Å². The van der Waals surface area contributed by atoms with Crippen molar-refractivity contribution in [1.82, 2.24) is 20.2 Å². The largest absolute Gasteiger partial charge is 0.465 e. The molecule has 1 unspecified atom stereocenters. The number of unbranched alkanes of at least 4 members (excludes halogenated alkanes) is 1. The van der Waals surface area contributed by atoms with E-state index in [1.807, 2.05) is 74.5 Å². The maximum absolute atomic E-state index is 13.2. The van der Waals surface area contributed by atoms with Crippen LogP contribution in [0, 0.1) is 5.41 Å². The zero-order chi connectivity index (χ0) is 30.1. The van der Waals surface area contributed by atoms with E-state index in [1.54, 1.807) is 6.20 Å². The summed E-state index contributed by atoms with van der Waals surface area (Å²) in [5, 5.41) is 25.7. The highest BCUT2D eigenvalue weighted by Crippen LogP contribution is 2.45. The summed E-state index contributed by atoms with van der Waals surface area (Å²) < 4.78 is 0. The van der Waals surface area contributed by atoms with E-state index in [4.69, 9.17) is 16.6 Å². The summed E-state index contributed by atoms with van der Waals surface area (Å²) in [6.45, 7) is 4.09. The summed E-state index contributed by atoms with van der Waals surface area (Å²) in [6.07, 6.45) is 3.73. The second-order valence-corrected chi connectivity index (χ2v) is 12.5. The highest BCUT2D eigenvalue weighted by molar-refractivity contribution is 7.99. The summed E-state index contributed by atoms with van der Waals surface area (Å²) in [5.74, 6) is 0.0671. The second kappa shape index (κ2) is 14.8. The Morgan fingerprint density at radius 2 is 1.83 bits per heavy atom. The Balaban J connectivity index is 1.47. The Morgan fingerprint density at radius 1 is 1.12 bits per heavy atom. The third kappa shape index (κ3) is 8.24. The van der Waals surface area contributed by atoms with Gasteiger partial charge in [-0.1, -0.05) is 92.0 Å². The van der Waals surface area contributed by atoms with Gasteiger partial charge < -0.3 is 20.4 Å². The van der Waals surface area contributed by atoms with E-state index in [-0.39, 0.29) is 18.0 Å². The Hall–Kier alpha value is -3.14. The monoisotopic (exact) mass is 610 g/mol. The number of aromatic nitrogens is 2. The van der Waals surface area contributed by atoms with Gasteiger partial charge >= 0.3 is 6.09 Å². The molecular formula is C32H39ClN4O4S. The molecule has 1 saturated carbocycles. The molecule has 4 rings (SSSR count). The van der Waals surface area contributed by atoms with E-state index >= 15 is 0 Å². The predicted octanol–water partition coefficient (Wildman–Crippen LogP) is 6.84. The lowest BCUT2D eigenvalue weighted by Gasteiger charge is -2.46. The van der Waals surface area contributed by atoms with Gasteiger partial charge in [-0.3, -0.25) is 4.79 Å². The summed E-state index contributed by atoms with van der Waals surface area (Å²) in [4.78, 5) is 36.3. The molecule has 1 heterocycles. The molecule has 0 radical (unpaired) electrons. The predicted molar refractivity (Wildman–Crippen MR) is 167 cm³/mol. The lowest BCUT2D eigenvalue weighted by Crippen LogP contribution is -2.56. The van der Waals surface area contributed by atoms with Crippen LogP contribution in [0.25, 0.3) is 11.3 Å². The summed E-state index contributed by atoms with van der Waals surface area (Å²) >= 11 is 7.54. The van der Waals surface area contributed by atoms with Crippen LogP contribution in [0.1, 0.15) is 64.0 Å². The molecule has 2 amide bonds. The fraction of sp³-hybridized carbons (Fsp3) is 0.438. The minimum absolute atomic E-state index is 0.235. The van der Waals surface area contributed by atoms with Crippen LogP contribution >= 0.6 is 23.4 Å². The van der Waals surface area contributed by atoms with Crippen molar-refractivity contribution >= 4 is 35.4 Å². The second-order valence-electron chi connectivity index (χ2n) is 11.1. The summed E-state index contributed by atoms with van der Waals surface area (Å²) in [5.41, 5.74) is 2.34. The number of rotatable bonds is 14. The van der Waals surface area contributed by atoms with Crippen LogP contribution in [0.2, 0.25) is 5.02 Å². The quantitative estimate of drug-likeness (QED) is 0.135. The Kier molecular flexibility index (Phi) is 11.2. The smallest absolute Gasteiger partial charge is 0.407 e. The number of carboxylic acid groups (broad SMARTS) is 1. The van der Waals surface area contributed by atoms with Crippen LogP contribution in [0.3, 0.4) is 0 Å². The standard InChI is InChI=1S/C32H39ClN4O4S/c1-3-4-11-27(28(38)29(39)35-22(2)23-9-6-5-7-10-23)37(31(40)41)20-32(17-8-18-32)21-42-30-34-19-16-26(36-30)24-12-14-25(33)15-13-24/h5-7,9-10,12-16,19,22,27-28,38H,3-4,8,11,17-18,20-21H2,1-2H3,(H,35,39)(H,40,41)/t22-,27+,28?/m1/s1. The average Bonchev–Trinajstić information content (AvgIpc) is 2.98. The van der Waals surface area contributed by atoms with Gasteiger partial charge in [-0.2, -0.15) is 0 Å². The maximum atomic E-state index is 13.2. The molecule has 0 saturated heterocycles. The Morgan fingerprint density at radius 3 is 2.45 bits per heavy atom. The van der Waals surface area contributed by atoms with E-state index in [0.717, 1.165) is 42.5 Å². The number of nitrogens with one attached hydrogen (secondary N) is 1. The van der Waals surface area contributed by atoms with Gasteiger partial charge in [-0.25, -0.2) is 14.8 Å². The SMILES string of the molecule is CCCC[C@@H](C(O)C(=O)N[C@H](C)c1ccccc1)N(CC1(CSc2nccc(-c3ccc(Cl)cc3)n2)CCC1)C(=O)O. The number of halogens is 1. The van der Waals surface area contributed by atoms with Crippen molar-refractivity contribution in [3.05, 3.63) is 77.4 Å². The van der Waals surface area contributed by atoms with Crippen LogP contribution in [0.5, 0.6) is 0 Å². The number of carbonyl (C=O) groups excluding carboxylic acids is 1. The first-order valence-electron chi connectivity index (χ1n) is 14.5. The summed E-state index contributed by atoms with van der Waals surface area (Å²) in [7, 11) is 0. The molecule has 1 aliphatic carbocycles. The Bertz CT molecular complexity index is 1320. The van der Waals surface area contributed by atoms with Gasteiger partial charge in [-0.15, -0.1) is 0 Å². The fourth-order valence-corrected chi connectivity index (χ4v) is 6.56. The molecule has 10 heteroatoms. The van der Waals surface area contributed by atoms with Crippen LogP contribution < -0.4 is 5.32 Å². The molecule has 3 atom stereocenters. The van der Waals surface area contributed by atoms with Gasteiger partial charge in [0.2, 0.25) is 0 Å². The van der Waals surface area contributed by atoms with Gasteiger partial charge in [0.25, 0.3) is 5.91 Å². The number of hydrogen-bond acceptors (Lipinski definition) is 6. The number of thioether (sulfide) groups is 1. The highest BCUT2D eigenvalue weighted by Gasteiger charge is 2.44. The van der Waals surface area contributed by atoms with Gasteiger partial charge in [0, 0.05) is 29.1 Å². The molecule has 0 bridgehead atoms. The van der Waals surface area contributed by atoms with Crippen molar-refractivity contribution in [2.75, 3.05) is 12.3 Å². The lowest BCUT2D eigenvalue weighted by molar-refractivity contribution is -0.134. The molecule has 8 nitrogen and oxygen atoms in total. The van der Waals surface area contributed by atoms with Crippen LogP contribution in [0.4, 0.5) is 4.79 Å². The molecule has 0 aliphatic heterocycles. The molecule has 42 heavy (non-hydrogen) atoms. The van der Waals surface area contributed by atoms with Gasteiger partial charge in [0.15, 0.2) is 11.3 Å². The molecule has 1 aliphatic rings. The fourth-order valence-electron chi connectivity index (χ4n) is 5.32. The molecule has 3 N–H and O–H groups in total. The number of carbonyl (C=O) groups is 2. The van der Waals surface area contributed by atoms with Gasteiger partial charge in [-0.05, 0) is 55.4 Å². The number of aliphatic hydroxyl groups is 1. The molecule has 224 valence electrons. The zero-order valence-electron chi connectivity index (χ0n) is 24.1. The minimum Gasteiger partial charge on any atom is -0.465 e.